The Morgan fingerprint density at radius 2 is 1.06 bits per heavy atom. The Kier molecular flexibility index (Phi) is 18.6. The van der Waals surface area contributed by atoms with E-state index in [0.29, 0.717) is 23.5 Å². The van der Waals surface area contributed by atoms with Crippen LogP contribution in [0.1, 0.15) is 25.3 Å². The lowest BCUT2D eigenvalue weighted by atomic mass is 10.1. The fourth-order valence-corrected chi connectivity index (χ4v) is 10.9. The van der Waals surface area contributed by atoms with Gasteiger partial charge in [0, 0.05) is 70.2 Å². The minimum absolute atomic E-state index is 0.0373. The second kappa shape index (κ2) is 23.0. The van der Waals surface area contributed by atoms with E-state index in [4.69, 9.17) is 18.5 Å². The largest absolute Gasteiger partial charge is 0.481 e. The lowest BCUT2D eigenvalue weighted by Gasteiger charge is -2.20. The first-order chi connectivity index (χ1) is 32.2. The van der Waals surface area contributed by atoms with Crippen LogP contribution < -0.4 is 10.6 Å². The summed E-state index contributed by atoms with van der Waals surface area (Å²) in [5.74, 6) is -0.527. The van der Waals surface area contributed by atoms with Crippen molar-refractivity contribution < 1.29 is 96.9 Å². The van der Waals surface area contributed by atoms with Gasteiger partial charge in [-0.15, -0.1) is 0 Å². The second-order valence-corrected chi connectivity index (χ2v) is 23.2. The number of aliphatic hydroxyl groups is 4. The summed E-state index contributed by atoms with van der Waals surface area (Å²) in [5.41, 5.74) is -0.102. The number of hydrogen-bond donors (Lipinski definition) is 8. The number of aromatic nitrogens is 8. The molecule has 4 unspecified atom stereocenters. The molecule has 0 bridgehead atoms. The fourth-order valence-electron chi connectivity index (χ4n) is 6.39. The molecule has 0 radical (unpaired) electrons. The van der Waals surface area contributed by atoms with Gasteiger partial charge in [0.2, 0.25) is 0 Å². The molecule has 0 amide bonds. The van der Waals surface area contributed by atoms with Crippen LogP contribution in [0.3, 0.4) is 0 Å². The van der Waals surface area contributed by atoms with E-state index in [1.807, 2.05) is 0 Å². The zero-order valence-corrected chi connectivity index (χ0v) is 40.6. The number of phosphoric ester groups is 2. The molecular weight excluding hydrogens is 1070 g/mol. The Morgan fingerprint density at radius 3 is 1.41 bits per heavy atom. The van der Waals surface area contributed by atoms with Crippen LogP contribution in [0, 0.1) is 0 Å². The van der Waals surface area contributed by atoms with Gasteiger partial charge >= 0.3 is 28.0 Å². The van der Waals surface area contributed by atoms with Crippen molar-refractivity contribution in [2.75, 3.05) is 72.5 Å². The van der Waals surface area contributed by atoms with Gasteiger partial charge in [-0.2, -0.15) is 30.7 Å². The monoisotopic (exact) mass is 1110 g/mol. The summed E-state index contributed by atoms with van der Waals surface area (Å²) >= 11 is 1.30. The maximum atomic E-state index is 12.9. The molecule has 388 valence electrons. The Hall–Kier alpha value is -2.70. The number of rotatable bonds is 24. The highest BCUT2D eigenvalue weighted by atomic mass is 32.2. The average molecular weight is 1110 g/mol. The molecule has 4 aromatic rings. The van der Waals surface area contributed by atoms with Gasteiger partial charge < -0.3 is 50.3 Å². The van der Waals surface area contributed by atoms with Crippen molar-refractivity contribution in [2.24, 2.45) is 0 Å². The molecule has 8 N–H and O–H groups in total. The third kappa shape index (κ3) is 15.2. The van der Waals surface area contributed by atoms with E-state index in [2.05, 4.69) is 44.8 Å². The van der Waals surface area contributed by atoms with Crippen LogP contribution >= 0.6 is 39.2 Å². The summed E-state index contributed by atoms with van der Waals surface area (Å²) in [4.78, 5) is 46.0. The van der Waals surface area contributed by atoms with Crippen LogP contribution in [-0.2, 0) is 53.6 Å². The third-order valence-corrected chi connectivity index (χ3v) is 15.5. The molecule has 4 aromatic heterocycles. The van der Waals surface area contributed by atoms with Crippen LogP contribution in [0.2, 0.25) is 0 Å². The first-order valence-electron chi connectivity index (χ1n) is 19.9. The second-order valence-electron chi connectivity index (χ2n) is 14.9. The van der Waals surface area contributed by atoms with E-state index in [9.17, 15) is 74.1 Å². The van der Waals surface area contributed by atoms with Crippen molar-refractivity contribution in [1.29, 1.82) is 0 Å². The SMILES string of the molecule is CS(=O)CCNc1nc(SCCC(F)(F)F)nc2c1ncn2[C@@H]1O[C@H](COP(=O)(O)OP(=O)(O)OC[C@H]2O[C@@H](n3cnc4c(NCCS(C)=O)nc(SCCC(F)(F)F)nc43)[C@H](O)[C@@H]2O)[C@@H](O)[C@H]1O. The fraction of sp³-hybridized carbons (Fsp3) is 0.688. The van der Waals surface area contributed by atoms with Gasteiger partial charge in [0.1, 0.15) is 36.6 Å². The van der Waals surface area contributed by atoms with Crippen molar-refractivity contribution in [2.45, 2.75) is 84.6 Å². The summed E-state index contributed by atoms with van der Waals surface area (Å²) in [6.45, 7) is -1.94. The number of ether oxygens (including phenoxy) is 2. The average Bonchev–Trinajstić information content (AvgIpc) is 3.99. The third-order valence-electron chi connectivity index (χ3n) is 9.63. The van der Waals surface area contributed by atoms with E-state index in [1.54, 1.807) is 0 Å². The van der Waals surface area contributed by atoms with Gasteiger partial charge in [0.25, 0.3) is 0 Å². The quantitative estimate of drug-likeness (QED) is 0.0215. The van der Waals surface area contributed by atoms with E-state index >= 15 is 0 Å². The van der Waals surface area contributed by atoms with Gasteiger partial charge in [-0.05, 0) is 0 Å². The maximum Gasteiger partial charge on any atom is 0.481 e. The number of halogens is 6. The molecule has 0 aromatic carbocycles. The summed E-state index contributed by atoms with van der Waals surface area (Å²) in [6, 6.07) is 0. The van der Waals surface area contributed by atoms with Gasteiger partial charge in [-0.25, -0.2) is 39.0 Å². The van der Waals surface area contributed by atoms with Gasteiger partial charge in [0.05, 0.1) is 38.7 Å². The summed E-state index contributed by atoms with van der Waals surface area (Å²) in [5, 5.41) is 49.0. The minimum atomic E-state index is -5.62. The molecule has 2 fully saturated rings. The molecule has 12 atom stereocenters. The van der Waals surface area contributed by atoms with Gasteiger partial charge in [-0.3, -0.25) is 26.6 Å². The number of fused-ring (bicyclic) bond motifs is 2. The van der Waals surface area contributed by atoms with E-state index in [0.717, 1.165) is 21.8 Å². The molecule has 0 saturated carbocycles. The van der Waals surface area contributed by atoms with Crippen molar-refractivity contribution in [3.05, 3.63) is 12.7 Å². The van der Waals surface area contributed by atoms with Crippen molar-refractivity contribution in [3.63, 3.8) is 0 Å². The van der Waals surface area contributed by atoms with Crippen molar-refractivity contribution in [3.8, 4) is 0 Å². The predicted molar refractivity (Wildman–Crippen MR) is 233 cm³/mol. The number of nitrogens with zero attached hydrogens (tertiary/aromatic N) is 8. The molecule has 37 heteroatoms. The molecule has 6 rings (SSSR count). The number of phosphoric acid groups is 2. The number of hydrogen-bond acceptors (Lipinski definition) is 23. The first-order valence-corrected chi connectivity index (χ1v) is 28.3. The summed E-state index contributed by atoms with van der Waals surface area (Å²) < 4.78 is 154. The first kappa shape index (κ1) is 55.6. The van der Waals surface area contributed by atoms with Crippen LogP contribution in [-0.4, -0.2) is 188 Å². The van der Waals surface area contributed by atoms with E-state index in [1.165, 1.54) is 12.5 Å². The minimum Gasteiger partial charge on any atom is -0.387 e. The van der Waals surface area contributed by atoms with Gasteiger partial charge in [0.15, 0.2) is 56.7 Å². The Morgan fingerprint density at radius 1 is 0.681 bits per heavy atom. The summed E-state index contributed by atoms with van der Waals surface area (Å²) in [6.07, 6.45) is -20.0. The molecule has 6 heterocycles. The lowest BCUT2D eigenvalue weighted by molar-refractivity contribution is -0.130. The lowest BCUT2D eigenvalue weighted by Crippen LogP contribution is -2.34. The van der Waals surface area contributed by atoms with E-state index in [-0.39, 0.29) is 68.9 Å². The van der Waals surface area contributed by atoms with Crippen LogP contribution in [0.15, 0.2) is 23.0 Å². The summed E-state index contributed by atoms with van der Waals surface area (Å²) in [7, 11) is -13.7. The van der Waals surface area contributed by atoms with Gasteiger partial charge in [-0.1, -0.05) is 23.5 Å². The van der Waals surface area contributed by atoms with Crippen LogP contribution in [0.4, 0.5) is 38.0 Å². The van der Waals surface area contributed by atoms with Crippen molar-refractivity contribution >= 4 is 94.7 Å². The molecular formula is C32H44F6N10O15P2S4. The molecule has 25 nitrogen and oxygen atoms in total. The highest BCUT2D eigenvalue weighted by Crippen LogP contribution is 2.61. The molecule has 69 heavy (non-hydrogen) atoms. The molecule has 2 saturated heterocycles. The van der Waals surface area contributed by atoms with Crippen molar-refractivity contribution in [1.82, 2.24) is 39.0 Å². The smallest absolute Gasteiger partial charge is 0.387 e. The van der Waals surface area contributed by atoms with E-state index < -0.39 is 136 Å². The molecule has 0 aliphatic carbocycles. The number of nitrogens with one attached hydrogen (secondary N) is 2. The Balaban J connectivity index is 1.08. The zero-order chi connectivity index (χ0) is 50.6. The number of aliphatic hydroxyl groups excluding tert-OH is 4. The molecule has 2 aliphatic heterocycles. The zero-order valence-electron chi connectivity index (χ0n) is 35.6. The number of thioether (sulfide) groups is 2. The predicted octanol–water partition coefficient (Wildman–Crippen LogP) is 1.82. The van der Waals surface area contributed by atoms with Crippen LogP contribution in [0.5, 0.6) is 0 Å². The molecule has 0 spiro atoms. The highest BCUT2D eigenvalue weighted by Gasteiger charge is 2.48. The normalized spacial score (nSPS) is 26.1. The molecule has 2 aliphatic rings. The number of imidazole rings is 2. The van der Waals surface area contributed by atoms with Crippen LogP contribution in [0.25, 0.3) is 22.3 Å². The Labute approximate surface area is 399 Å². The number of anilines is 2. The standard InChI is InChI=1S/C32H44F6N10O15P2S4/c1-68(57)9-5-39-23-17-25(45-29(43-23)66-7-3-31(33,34)35)47(13-41-17)27-21(51)19(49)15(61-27)11-59-64(53,54)63-65(55,56)60-12-16-20(50)22(52)28(62-16)48-14-42-18-24(40-6-10-69(2)58)44-30(46-26(18)48)67-8-4-32(36,37)38/h13-16,19-22,27-28,49-52H,3-12H2,1-2H3,(H,53,54)(H,55,56)(H,39,43,45)(H,40,44,46)/t15-,16-,19-,20-,21-,22-,27-,28-,68?,69?/m1/s1. The number of alkyl halides is 6. The Bertz CT molecular complexity index is 2400. The maximum absolute atomic E-state index is 12.9. The topological polar surface area (TPSA) is 347 Å². The highest BCUT2D eigenvalue weighted by molar-refractivity contribution is 7.99.